The molecule has 2 aliphatic heterocycles. The van der Waals surface area contributed by atoms with E-state index in [1.807, 2.05) is 42.5 Å². The SMILES string of the molecule is CN1CCN(c2ccc3c(c2)/C(=C/c2ccccc2)OC(=O)N3C)CC1. The van der Waals surface area contributed by atoms with E-state index in [1.54, 1.807) is 11.9 Å². The minimum absolute atomic E-state index is 0.355. The molecule has 2 heterocycles. The molecule has 0 aliphatic carbocycles. The van der Waals surface area contributed by atoms with Crippen LogP contribution in [0.4, 0.5) is 16.2 Å². The lowest BCUT2D eigenvalue weighted by Gasteiger charge is -2.35. The molecule has 2 aliphatic rings. The van der Waals surface area contributed by atoms with Crippen LogP contribution in [0.3, 0.4) is 0 Å². The minimum Gasteiger partial charge on any atom is -0.409 e. The predicted molar refractivity (Wildman–Crippen MR) is 105 cm³/mol. The van der Waals surface area contributed by atoms with Crippen molar-refractivity contribution in [3.8, 4) is 0 Å². The Balaban J connectivity index is 1.73. The van der Waals surface area contributed by atoms with E-state index in [0.717, 1.165) is 43.0 Å². The van der Waals surface area contributed by atoms with Crippen molar-refractivity contribution in [2.45, 2.75) is 0 Å². The molecule has 0 bridgehead atoms. The number of likely N-dealkylation sites (N-methyl/N-ethyl adjacent to an activating group) is 1. The Kier molecular flexibility index (Phi) is 4.39. The Hall–Kier alpha value is -2.79. The summed E-state index contributed by atoms with van der Waals surface area (Å²) in [6.07, 6.45) is 1.57. The van der Waals surface area contributed by atoms with E-state index in [0.29, 0.717) is 5.76 Å². The largest absolute Gasteiger partial charge is 0.419 e. The van der Waals surface area contributed by atoms with Crippen LogP contribution in [0.5, 0.6) is 0 Å². The van der Waals surface area contributed by atoms with Gasteiger partial charge in [0.2, 0.25) is 0 Å². The van der Waals surface area contributed by atoms with Crippen LogP contribution in [0.25, 0.3) is 11.8 Å². The average Bonchev–Trinajstić information content (AvgIpc) is 2.67. The van der Waals surface area contributed by atoms with Crippen LogP contribution < -0.4 is 9.80 Å². The van der Waals surface area contributed by atoms with Gasteiger partial charge < -0.3 is 14.5 Å². The molecular formula is C21H23N3O2. The summed E-state index contributed by atoms with van der Waals surface area (Å²) in [4.78, 5) is 18.5. The van der Waals surface area contributed by atoms with E-state index in [-0.39, 0.29) is 6.09 Å². The van der Waals surface area contributed by atoms with E-state index >= 15 is 0 Å². The molecule has 2 aromatic rings. The molecule has 0 spiro atoms. The number of carbonyl (C=O) groups excluding carboxylic acids is 1. The van der Waals surface area contributed by atoms with E-state index < -0.39 is 0 Å². The summed E-state index contributed by atoms with van der Waals surface area (Å²) in [5.74, 6) is 0.602. The van der Waals surface area contributed by atoms with Gasteiger partial charge in [-0.2, -0.15) is 0 Å². The summed E-state index contributed by atoms with van der Waals surface area (Å²) in [5, 5.41) is 0. The Bertz CT molecular complexity index is 840. The van der Waals surface area contributed by atoms with Gasteiger partial charge in [0, 0.05) is 44.5 Å². The lowest BCUT2D eigenvalue weighted by Crippen LogP contribution is -2.44. The third-order valence-electron chi connectivity index (χ3n) is 5.04. The first kappa shape index (κ1) is 16.7. The molecule has 0 N–H and O–H groups in total. The van der Waals surface area contributed by atoms with Gasteiger partial charge in [-0.1, -0.05) is 30.3 Å². The number of rotatable bonds is 2. The molecular weight excluding hydrogens is 326 g/mol. The molecule has 1 amide bonds. The van der Waals surface area contributed by atoms with Crippen molar-refractivity contribution in [3.05, 3.63) is 59.7 Å². The zero-order valence-corrected chi connectivity index (χ0v) is 15.2. The molecule has 1 saturated heterocycles. The number of ether oxygens (including phenoxy) is 1. The van der Waals surface area contributed by atoms with E-state index in [2.05, 4.69) is 29.0 Å². The van der Waals surface area contributed by atoms with Gasteiger partial charge >= 0.3 is 6.09 Å². The van der Waals surface area contributed by atoms with Crippen LogP contribution in [-0.4, -0.2) is 51.3 Å². The first-order chi connectivity index (χ1) is 12.6. The fraction of sp³-hybridized carbons (Fsp3) is 0.286. The summed E-state index contributed by atoms with van der Waals surface area (Å²) < 4.78 is 5.61. The van der Waals surface area contributed by atoms with Crippen LogP contribution in [0, 0.1) is 0 Å². The lowest BCUT2D eigenvalue weighted by atomic mass is 10.0. The number of carbonyl (C=O) groups is 1. The van der Waals surface area contributed by atoms with Gasteiger partial charge in [0.25, 0.3) is 0 Å². The van der Waals surface area contributed by atoms with E-state index in [9.17, 15) is 4.79 Å². The zero-order valence-electron chi connectivity index (χ0n) is 15.2. The van der Waals surface area contributed by atoms with Gasteiger partial charge in [-0.3, -0.25) is 4.90 Å². The number of fused-ring (bicyclic) bond motifs is 1. The first-order valence-corrected chi connectivity index (χ1v) is 8.92. The second-order valence-corrected chi connectivity index (χ2v) is 6.84. The van der Waals surface area contributed by atoms with Crippen molar-refractivity contribution in [3.63, 3.8) is 0 Å². The molecule has 2 aromatic carbocycles. The standard InChI is InChI=1S/C21H23N3O2/c1-22-10-12-24(13-11-22)17-8-9-19-18(15-17)20(26-21(25)23(19)2)14-16-6-4-3-5-7-16/h3-9,14-15H,10-13H2,1-2H3/b20-14-. The molecule has 5 nitrogen and oxygen atoms in total. The summed E-state index contributed by atoms with van der Waals surface area (Å²) in [6.45, 7) is 4.11. The number of hydrogen-bond donors (Lipinski definition) is 0. The van der Waals surface area contributed by atoms with Gasteiger partial charge in [-0.15, -0.1) is 0 Å². The molecule has 0 saturated carbocycles. The van der Waals surface area contributed by atoms with Gasteiger partial charge in [0.05, 0.1) is 5.69 Å². The smallest absolute Gasteiger partial charge is 0.409 e. The third-order valence-corrected chi connectivity index (χ3v) is 5.04. The highest BCUT2D eigenvalue weighted by molar-refractivity contribution is 6.02. The first-order valence-electron chi connectivity index (χ1n) is 8.92. The molecule has 0 unspecified atom stereocenters. The molecule has 0 aromatic heterocycles. The molecule has 0 atom stereocenters. The fourth-order valence-corrected chi connectivity index (χ4v) is 3.40. The van der Waals surface area contributed by atoms with Gasteiger partial charge in [0.15, 0.2) is 0 Å². The number of cyclic esters (lactones) is 1. The number of hydrogen-bond acceptors (Lipinski definition) is 4. The maximum absolute atomic E-state index is 12.2. The topological polar surface area (TPSA) is 36.0 Å². The Morgan fingerprint density at radius 2 is 1.69 bits per heavy atom. The molecule has 1 fully saturated rings. The zero-order chi connectivity index (χ0) is 18.1. The highest BCUT2D eigenvalue weighted by atomic mass is 16.6. The number of anilines is 2. The summed E-state index contributed by atoms with van der Waals surface area (Å²) >= 11 is 0. The third kappa shape index (κ3) is 3.18. The lowest BCUT2D eigenvalue weighted by molar-refractivity contribution is 0.199. The van der Waals surface area contributed by atoms with Gasteiger partial charge in [0.1, 0.15) is 5.76 Å². The number of nitrogens with zero attached hydrogens (tertiary/aromatic N) is 3. The van der Waals surface area contributed by atoms with Gasteiger partial charge in [-0.25, -0.2) is 4.79 Å². The van der Waals surface area contributed by atoms with Crippen molar-refractivity contribution in [2.24, 2.45) is 0 Å². The second-order valence-electron chi connectivity index (χ2n) is 6.84. The van der Waals surface area contributed by atoms with Crippen LogP contribution in [0.15, 0.2) is 48.5 Å². The van der Waals surface area contributed by atoms with Crippen molar-refractivity contribution >= 4 is 29.3 Å². The average molecular weight is 349 g/mol. The molecule has 26 heavy (non-hydrogen) atoms. The summed E-state index contributed by atoms with van der Waals surface area (Å²) in [5.41, 5.74) is 4.01. The highest BCUT2D eigenvalue weighted by Crippen LogP contribution is 2.37. The van der Waals surface area contributed by atoms with Crippen molar-refractivity contribution in [1.82, 2.24) is 4.90 Å². The van der Waals surface area contributed by atoms with Crippen LogP contribution in [0.2, 0.25) is 0 Å². The molecule has 134 valence electrons. The Morgan fingerprint density at radius 1 is 0.962 bits per heavy atom. The second kappa shape index (κ2) is 6.84. The highest BCUT2D eigenvalue weighted by Gasteiger charge is 2.27. The number of benzene rings is 2. The predicted octanol–water partition coefficient (Wildman–Crippen LogP) is 3.52. The summed E-state index contributed by atoms with van der Waals surface area (Å²) in [6, 6.07) is 16.2. The molecule has 4 rings (SSSR count). The van der Waals surface area contributed by atoms with E-state index in [1.165, 1.54) is 5.69 Å². The minimum atomic E-state index is -0.355. The van der Waals surface area contributed by atoms with Crippen LogP contribution in [0.1, 0.15) is 11.1 Å². The van der Waals surface area contributed by atoms with Crippen molar-refractivity contribution < 1.29 is 9.53 Å². The van der Waals surface area contributed by atoms with Crippen LogP contribution in [-0.2, 0) is 4.74 Å². The van der Waals surface area contributed by atoms with Crippen molar-refractivity contribution in [2.75, 3.05) is 50.1 Å². The Morgan fingerprint density at radius 3 is 2.42 bits per heavy atom. The molecule has 0 radical (unpaired) electrons. The summed E-state index contributed by atoms with van der Waals surface area (Å²) in [7, 11) is 3.90. The fourth-order valence-electron chi connectivity index (χ4n) is 3.40. The molecule has 5 heteroatoms. The van der Waals surface area contributed by atoms with E-state index in [4.69, 9.17) is 4.74 Å². The van der Waals surface area contributed by atoms with Gasteiger partial charge in [-0.05, 0) is 36.9 Å². The maximum Gasteiger partial charge on any atom is 0.419 e. The normalized spacial score (nSPS) is 19.5. The quantitative estimate of drug-likeness (QED) is 0.831. The maximum atomic E-state index is 12.2. The van der Waals surface area contributed by atoms with Crippen LogP contribution >= 0.6 is 0 Å². The monoisotopic (exact) mass is 349 g/mol. The Labute approximate surface area is 154 Å². The number of amides is 1. The van der Waals surface area contributed by atoms with Crippen molar-refractivity contribution in [1.29, 1.82) is 0 Å². The number of piperazine rings is 1.